The van der Waals surface area contributed by atoms with Crippen molar-refractivity contribution in [1.82, 2.24) is 0 Å². The Labute approximate surface area is 123 Å². The number of ketones is 1. The van der Waals surface area contributed by atoms with Crippen molar-refractivity contribution in [2.24, 2.45) is 0 Å². The first-order valence-electron chi connectivity index (χ1n) is 6.49. The fourth-order valence-electron chi connectivity index (χ4n) is 2.02. The van der Waals surface area contributed by atoms with Gasteiger partial charge in [-0.1, -0.05) is 31.2 Å². The Balaban J connectivity index is 2.37. The van der Waals surface area contributed by atoms with Crippen LogP contribution in [-0.4, -0.2) is 5.78 Å². The number of hydrogen-bond acceptors (Lipinski definition) is 1. The molecule has 0 bridgehead atoms. The molecule has 0 saturated carbocycles. The van der Waals surface area contributed by atoms with Gasteiger partial charge in [-0.2, -0.15) is 0 Å². The van der Waals surface area contributed by atoms with E-state index in [-0.39, 0.29) is 0 Å². The van der Waals surface area contributed by atoms with Crippen molar-refractivity contribution in [2.45, 2.75) is 19.8 Å². The summed E-state index contributed by atoms with van der Waals surface area (Å²) in [5.74, 6) is -11.9. The van der Waals surface area contributed by atoms with E-state index in [0.29, 0.717) is 5.56 Å². The summed E-state index contributed by atoms with van der Waals surface area (Å²) in [5, 5.41) is 0. The van der Waals surface area contributed by atoms with Crippen LogP contribution in [0.4, 0.5) is 22.0 Å². The van der Waals surface area contributed by atoms with Gasteiger partial charge in [0, 0.05) is 6.42 Å². The summed E-state index contributed by atoms with van der Waals surface area (Å²) in [6, 6.07) is 6.59. The summed E-state index contributed by atoms with van der Waals surface area (Å²) in [4.78, 5) is 11.9. The van der Waals surface area contributed by atoms with Crippen LogP contribution >= 0.6 is 0 Å². The smallest absolute Gasteiger partial charge is 0.200 e. The molecule has 0 N–H and O–H groups in total. The van der Waals surface area contributed by atoms with Gasteiger partial charge >= 0.3 is 0 Å². The minimum Gasteiger partial charge on any atom is -0.294 e. The molecule has 0 heterocycles. The molecule has 0 fully saturated rings. The first-order valence-corrected chi connectivity index (χ1v) is 6.49. The topological polar surface area (TPSA) is 17.1 Å². The van der Waals surface area contributed by atoms with Crippen LogP contribution in [0.15, 0.2) is 24.3 Å². The number of halogens is 5. The van der Waals surface area contributed by atoms with Gasteiger partial charge in [0.25, 0.3) is 0 Å². The first kappa shape index (κ1) is 16.1. The maximum atomic E-state index is 13.5. The van der Waals surface area contributed by atoms with E-state index in [9.17, 15) is 26.7 Å². The Bertz CT molecular complexity index is 693. The van der Waals surface area contributed by atoms with Gasteiger partial charge in [-0.05, 0) is 17.5 Å². The van der Waals surface area contributed by atoms with E-state index < -0.39 is 46.9 Å². The summed E-state index contributed by atoms with van der Waals surface area (Å²) in [7, 11) is 0. The average molecular weight is 314 g/mol. The van der Waals surface area contributed by atoms with E-state index in [1.165, 1.54) is 0 Å². The second-order valence-electron chi connectivity index (χ2n) is 4.71. The number of hydrogen-bond donors (Lipinski definition) is 0. The summed E-state index contributed by atoms with van der Waals surface area (Å²) in [6.07, 6.45) is 0.314. The van der Waals surface area contributed by atoms with Gasteiger partial charge in [0.05, 0.1) is 5.56 Å². The Hall–Kier alpha value is -2.24. The minimum absolute atomic E-state index is 0.422. The highest BCUT2D eigenvalue weighted by atomic mass is 19.2. The highest BCUT2D eigenvalue weighted by Gasteiger charge is 2.29. The first-order chi connectivity index (χ1) is 10.4. The third-order valence-corrected chi connectivity index (χ3v) is 3.28. The molecule has 0 spiro atoms. The molecular formula is C16H11F5O. The molecule has 0 saturated heterocycles. The molecule has 0 unspecified atom stereocenters. The molecule has 0 amide bonds. The number of carbonyl (C=O) groups is 1. The zero-order valence-electron chi connectivity index (χ0n) is 11.5. The predicted octanol–water partition coefficient (Wildman–Crippen LogP) is 4.37. The van der Waals surface area contributed by atoms with Crippen molar-refractivity contribution in [2.75, 3.05) is 0 Å². The number of aryl methyl sites for hydroxylation is 1. The van der Waals surface area contributed by atoms with E-state index in [1.54, 1.807) is 24.3 Å². The van der Waals surface area contributed by atoms with Gasteiger partial charge in [0.2, 0.25) is 5.82 Å². The van der Waals surface area contributed by atoms with E-state index in [2.05, 4.69) is 0 Å². The van der Waals surface area contributed by atoms with Gasteiger partial charge < -0.3 is 0 Å². The van der Waals surface area contributed by atoms with Crippen LogP contribution in [0.5, 0.6) is 0 Å². The molecule has 0 aliphatic carbocycles. The maximum absolute atomic E-state index is 13.5. The van der Waals surface area contributed by atoms with E-state index in [1.807, 2.05) is 6.92 Å². The van der Waals surface area contributed by atoms with Crippen LogP contribution in [-0.2, 0) is 12.8 Å². The Morgan fingerprint density at radius 2 is 1.18 bits per heavy atom. The molecule has 6 heteroatoms. The van der Waals surface area contributed by atoms with Crippen molar-refractivity contribution in [3.8, 4) is 0 Å². The molecule has 0 aromatic heterocycles. The maximum Gasteiger partial charge on any atom is 0.200 e. The van der Waals surface area contributed by atoms with Crippen LogP contribution in [0.2, 0.25) is 0 Å². The van der Waals surface area contributed by atoms with Gasteiger partial charge in [-0.25, -0.2) is 22.0 Å². The lowest BCUT2D eigenvalue weighted by molar-refractivity contribution is 0.0981. The van der Waals surface area contributed by atoms with E-state index >= 15 is 0 Å². The third-order valence-electron chi connectivity index (χ3n) is 3.28. The predicted molar refractivity (Wildman–Crippen MR) is 70.1 cm³/mol. The monoisotopic (exact) mass is 314 g/mol. The number of carbonyl (C=O) groups excluding carboxylic acids is 1. The number of rotatable bonds is 4. The molecule has 1 nitrogen and oxygen atoms in total. The highest BCUT2D eigenvalue weighted by molar-refractivity contribution is 5.98. The SMILES string of the molecule is CCc1ccc(CC(=O)c2c(F)c(F)c(F)c(F)c2F)cc1. The fourth-order valence-corrected chi connectivity index (χ4v) is 2.02. The van der Waals surface area contributed by atoms with Crippen LogP contribution < -0.4 is 0 Å². The fraction of sp³-hybridized carbons (Fsp3) is 0.188. The summed E-state index contributed by atoms with van der Waals surface area (Å²) in [6.45, 7) is 1.93. The van der Waals surface area contributed by atoms with E-state index in [0.717, 1.165) is 12.0 Å². The van der Waals surface area contributed by atoms with Gasteiger partial charge in [0.1, 0.15) is 0 Å². The molecule has 2 rings (SSSR count). The Morgan fingerprint density at radius 3 is 1.64 bits per heavy atom. The number of benzene rings is 2. The highest BCUT2D eigenvalue weighted by Crippen LogP contribution is 2.24. The molecule has 22 heavy (non-hydrogen) atoms. The lowest BCUT2D eigenvalue weighted by Gasteiger charge is -2.08. The van der Waals surface area contributed by atoms with Gasteiger partial charge in [-0.15, -0.1) is 0 Å². The molecule has 0 aliphatic rings. The zero-order valence-corrected chi connectivity index (χ0v) is 11.5. The zero-order chi connectivity index (χ0) is 16.4. The third kappa shape index (κ3) is 2.86. The van der Waals surface area contributed by atoms with E-state index in [4.69, 9.17) is 0 Å². The molecule has 0 aliphatic heterocycles. The van der Waals surface area contributed by atoms with Crippen LogP contribution in [0, 0.1) is 29.1 Å². The van der Waals surface area contributed by atoms with Crippen LogP contribution in [0.1, 0.15) is 28.4 Å². The van der Waals surface area contributed by atoms with Crippen molar-refractivity contribution >= 4 is 5.78 Å². The van der Waals surface area contributed by atoms with Crippen LogP contribution in [0.25, 0.3) is 0 Å². The Morgan fingerprint density at radius 1 is 0.773 bits per heavy atom. The molecule has 0 radical (unpaired) electrons. The molecular weight excluding hydrogens is 303 g/mol. The number of Topliss-reactive ketones (excluding diaryl/α,β-unsaturated/α-hetero) is 1. The summed E-state index contributed by atoms with van der Waals surface area (Å²) < 4.78 is 66.2. The van der Waals surface area contributed by atoms with Gasteiger partial charge in [0.15, 0.2) is 29.1 Å². The van der Waals surface area contributed by atoms with Crippen molar-refractivity contribution in [3.63, 3.8) is 0 Å². The average Bonchev–Trinajstić information content (AvgIpc) is 2.52. The summed E-state index contributed by atoms with van der Waals surface area (Å²) in [5.41, 5.74) is 0.00883. The second kappa shape index (κ2) is 6.25. The van der Waals surface area contributed by atoms with Crippen molar-refractivity contribution < 1.29 is 26.7 Å². The lowest BCUT2D eigenvalue weighted by Crippen LogP contribution is -2.14. The molecule has 116 valence electrons. The second-order valence-corrected chi connectivity index (χ2v) is 4.71. The standard InChI is InChI=1S/C16H11F5O/c1-2-8-3-5-9(6-4-8)7-10(22)11-12(17)14(19)16(21)15(20)13(11)18/h3-6H,2,7H2,1H3. The van der Waals surface area contributed by atoms with Crippen LogP contribution in [0.3, 0.4) is 0 Å². The quantitative estimate of drug-likeness (QED) is 0.354. The largest absolute Gasteiger partial charge is 0.294 e. The van der Waals surface area contributed by atoms with Gasteiger partial charge in [-0.3, -0.25) is 4.79 Å². The minimum atomic E-state index is -2.28. The molecule has 0 atom stereocenters. The Kier molecular flexibility index (Phi) is 4.59. The molecule has 2 aromatic rings. The molecule has 2 aromatic carbocycles. The summed E-state index contributed by atoms with van der Waals surface area (Å²) >= 11 is 0. The van der Waals surface area contributed by atoms with Crippen molar-refractivity contribution in [3.05, 3.63) is 70.0 Å². The lowest BCUT2D eigenvalue weighted by atomic mass is 10.00. The van der Waals surface area contributed by atoms with Crippen molar-refractivity contribution in [1.29, 1.82) is 0 Å². The normalized spacial score (nSPS) is 10.8.